The predicted molar refractivity (Wildman–Crippen MR) is 111 cm³/mol. The summed E-state index contributed by atoms with van der Waals surface area (Å²) in [7, 11) is 0. The highest BCUT2D eigenvalue weighted by molar-refractivity contribution is 5.81. The molecule has 1 saturated heterocycles. The normalized spacial score (nSPS) is 19.1. The van der Waals surface area contributed by atoms with Crippen LogP contribution in [0.15, 0.2) is 54.6 Å². The molecule has 0 bridgehead atoms. The minimum atomic E-state index is -0.216. The number of piperidine rings is 1. The van der Waals surface area contributed by atoms with Crippen molar-refractivity contribution < 1.29 is 9.59 Å². The van der Waals surface area contributed by atoms with E-state index in [1.807, 2.05) is 50.2 Å². The molecule has 2 aromatic rings. The number of rotatable bonds is 5. The highest BCUT2D eigenvalue weighted by atomic mass is 16.2. The number of nitrogens with one attached hydrogen (secondary N) is 2. The Morgan fingerprint density at radius 3 is 2.54 bits per heavy atom. The average molecular weight is 380 g/mol. The summed E-state index contributed by atoms with van der Waals surface area (Å²) in [6, 6.07) is 18.2. The van der Waals surface area contributed by atoms with Crippen LogP contribution in [0.1, 0.15) is 36.0 Å². The Balaban J connectivity index is 1.70. The zero-order chi connectivity index (χ0) is 19.9. The largest absolute Gasteiger partial charge is 0.352 e. The van der Waals surface area contributed by atoms with Gasteiger partial charge in [-0.25, -0.2) is 4.79 Å². The van der Waals surface area contributed by atoms with E-state index in [0.29, 0.717) is 26.2 Å². The summed E-state index contributed by atoms with van der Waals surface area (Å²) in [6.07, 6.45) is 0.750. The summed E-state index contributed by atoms with van der Waals surface area (Å²) >= 11 is 0. The third-order valence-corrected chi connectivity index (χ3v) is 5.26. The van der Waals surface area contributed by atoms with Crippen LogP contribution in [0.5, 0.6) is 0 Å². The summed E-state index contributed by atoms with van der Waals surface area (Å²) in [5.74, 6) is -0.0462. The molecule has 2 unspecified atom stereocenters. The zero-order valence-corrected chi connectivity index (χ0v) is 16.7. The molecule has 1 aliphatic rings. The number of likely N-dealkylation sites (tertiary alicyclic amines) is 1. The Kier molecular flexibility index (Phi) is 6.69. The van der Waals surface area contributed by atoms with E-state index in [4.69, 9.17) is 0 Å². The lowest BCUT2D eigenvalue weighted by atomic mass is 9.84. The van der Waals surface area contributed by atoms with Gasteiger partial charge in [0.1, 0.15) is 0 Å². The SMILES string of the molecule is CCNC(=O)N1CC(C(=O)NCc2cccc(C)c2)CC(c2ccccc2)C1. The van der Waals surface area contributed by atoms with E-state index < -0.39 is 0 Å². The summed E-state index contributed by atoms with van der Waals surface area (Å²) in [6.45, 7) is 6.12. The molecule has 1 aliphatic heterocycles. The number of carbonyl (C=O) groups is 2. The van der Waals surface area contributed by atoms with Crippen molar-refractivity contribution in [3.05, 3.63) is 71.3 Å². The minimum absolute atomic E-state index is 0.0106. The predicted octanol–water partition coefficient (Wildman–Crippen LogP) is 3.45. The number of hydrogen-bond donors (Lipinski definition) is 2. The van der Waals surface area contributed by atoms with Gasteiger partial charge in [0.05, 0.1) is 5.92 Å². The fourth-order valence-corrected chi connectivity index (χ4v) is 3.84. The number of amides is 3. The molecule has 1 heterocycles. The van der Waals surface area contributed by atoms with Crippen LogP contribution in [0, 0.1) is 12.8 Å². The summed E-state index contributed by atoms with van der Waals surface area (Å²) < 4.78 is 0. The lowest BCUT2D eigenvalue weighted by Gasteiger charge is -2.37. The fourth-order valence-electron chi connectivity index (χ4n) is 3.84. The Morgan fingerprint density at radius 1 is 1.04 bits per heavy atom. The van der Waals surface area contributed by atoms with Crippen molar-refractivity contribution >= 4 is 11.9 Å². The number of aryl methyl sites for hydroxylation is 1. The van der Waals surface area contributed by atoms with Gasteiger partial charge >= 0.3 is 6.03 Å². The maximum Gasteiger partial charge on any atom is 0.317 e. The van der Waals surface area contributed by atoms with Crippen LogP contribution in [0.2, 0.25) is 0 Å². The molecule has 3 amide bonds. The molecule has 2 aromatic carbocycles. The number of benzene rings is 2. The van der Waals surface area contributed by atoms with E-state index in [1.165, 1.54) is 11.1 Å². The maximum atomic E-state index is 12.9. The summed E-state index contributed by atoms with van der Waals surface area (Å²) in [5.41, 5.74) is 3.44. The van der Waals surface area contributed by atoms with Crippen molar-refractivity contribution in [3.8, 4) is 0 Å². The van der Waals surface area contributed by atoms with E-state index in [2.05, 4.69) is 28.8 Å². The van der Waals surface area contributed by atoms with Crippen LogP contribution in [0.4, 0.5) is 4.79 Å². The van der Waals surface area contributed by atoms with E-state index in [9.17, 15) is 9.59 Å². The maximum absolute atomic E-state index is 12.9. The first kappa shape index (κ1) is 19.9. The van der Waals surface area contributed by atoms with Crippen LogP contribution in [0.25, 0.3) is 0 Å². The molecular formula is C23H29N3O2. The smallest absolute Gasteiger partial charge is 0.317 e. The van der Waals surface area contributed by atoms with Gasteiger partial charge in [0.2, 0.25) is 5.91 Å². The number of carbonyl (C=O) groups excluding carboxylic acids is 2. The molecule has 148 valence electrons. The van der Waals surface area contributed by atoms with E-state index >= 15 is 0 Å². The quantitative estimate of drug-likeness (QED) is 0.836. The molecule has 2 atom stereocenters. The van der Waals surface area contributed by atoms with Gasteiger partial charge in [0.25, 0.3) is 0 Å². The first-order valence-corrected chi connectivity index (χ1v) is 9.97. The average Bonchev–Trinajstić information content (AvgIpc) is 2.72. The van der Waals surface area contributed by atoms with Crippen molar-refractivity contribution in [3.63, 3.8) is 0 Å². The van der Waals surface area contributed by atoms with Crippen LogP contribution in [0.3, 0.4) is 0 Å². The fraction of sp³-hybridized carbons (Fsp3) is 0.391. The number of hydrogen-bond acceptors (Lipinski definition) is 2. The van der Waals surface area contributed by atoms with Crippen molar-refractivity contribution in [2.24, 2.45) is 5.92 Å². The van der Waals surface area contributed by atoms with Gasteiger partial charge < -0.3 is 15.5 Å². The molecule has 5 nitrogen and oxygen atoms in total. The van der Waals surface area contributed by atoms with Gasteiger partial charge in [-0.2, -0.15) is 0 Å². The van der Waals surface area contributed by atoms with Gasteiger partial charge in [-0.3, -0.25) is 4.79 Å². The first-order valence-electron chi connectivity index (χ1n) is 9.97. The summed E-state index contributed by atoms with van der Waals surface area (Å²) in [5, 5.41) is 5.93. The molecule has 28 heavy (non-hydrogen) atoms. The Morgan fingerprint density at radius 2 is 1.82 bits per heavy atom. The van der Waals surface area contributed by atoms with Crippen LogP contribution in [-0.4, -0.2) is 36.5 Å². The molecule has 1 fully saturated rings. The molecule has 5 heteroatoms. The van der Waals surface area contributed by atoms with Crippen molar-refractivity contribution in [1.82, 2.24) is 15.5 Å². The van der Waals surface area contributed by atoms with E-state index in [-0.39, 0.29) is 23.8 Å². The second-order valence-corrected chi connectivity index (χ2v) is 7.49. The first-order chi connectivity index (χ1) is 13.6. The molecule has 0 spiro atoms. The second-order valence-electron chi connectivity index (χ2n) is 7.49. The highest BCUT2D eigenvalue weighted by Crippen LogP contribution is 2.30. The second kappa shape index (κ2) is 9.40. The third kappa shape index (κ3) is 5.12. The number of nitrogens with zero attached hydrogens (tertiary/aromatic N) is 1. The molecule has 0 aromatic heterocycles. The zero-order valence-electron chi connectivity index (χ0n) is 16.7. The monoisotopic (exact) mass is 379 g/mol. The summed E-state index contributed by atoms with van der Waals surface area (Å²) in [4.78, 5) is 27.1. The highest BCUT2D eigenvalue weighted by Gasteiger charge is 2.34. The number of urea groups is 1. The van der Waals surface area contributed by atoms with Crippen LogP contribution < -0.4 is 10.6 Å². The van der Waals surface area contributed by atoms with Gasteiger partial charge in [0, 0.05) is 32.1 Å². The Bertz CT molecular complexity index is 807. The minimum Gasteiger partial charge on any atom is -0.352 e. The van der Waals surface area contributed by atoms with Crippen LogP contribution >= 0.6 is 0 Å². The Hall–Kier alpha value is -2.82. The van der Waals surface area contributed by atoms with Gasteiger partial charge in [-0.1, -0.05) is 60.2 Å². The topological polar surface area (TPSA) is 61.4 Å². The molecule has 0 radical (unpaired) electrons. The van der Waals surface area contributed by atoms with Gasteiger partial charge in [-0.15, -0.1) is 0 Å². The van der Waals surface area contributed by atoms with Crippen molar-refractivity contribution in [2.45, 2.75) is 32.7 Å². The molecule has 0 saturated carbocycles. The molecule has 2 N–H and O–H groups in total. The lowest BCUT2D eigenvalue weighted by Crippen LogP contribution is -2.51. The van der Waals surface area contributed by atoms with Crippen LogP contribution in [-0.2, 0) is 11.3 Å². The van der Waals surface area contributed by atoms with Crippen molar-refractivity contribution in [1.29, 1.82) is 0 Å². The lowest BCUT2D eigenvalue weighted by molar-refractivity contribution is -0.126. The van der Waals surface area contributed by atoms with E-state index in [1.54, 1.807) is 4.90 Å². The van der Waals surface area contributed by atoms with Crippen molar-refractivity contribution in [2.75, 3.05) is 19.6 Å². The molecular weight excluding hydrogens is 350 g/mol. The molecule has 0 aliphatic carbocycles. The Labute approximate surface area is 167 Å². The molecule has 3 rings (SSSR count). The van der Waals surface area contributed by atoms with E-state index in [0.717, 1.165) is 12.0 Å². The third-order valence-electron chi connectivity index (χ3n) is 5.26. The van der Waals surface area contributed by atoms with Gasteiger partial charge in [0.15, 0.2) is 0 Å². The standard InChI is InChI=1S/C23H29N3O2/c1-3-24-23(28)26-15-20(19-10-5-4-6-11-19)13-21(16-26)22(27)25-14-18-9-7-8-17(2)12-18/h4-12,20-21H,3,13-16H2,1-2H3,(H,24,28)(H,25,27). The van der Waals surface area contributed by atoms with Gasteiger partial charge in [-0.05, 0) is 31.4 Å².